The minimum absolute atomic E-state index is 0.119. The molecule has 4 rings (SSSR count). The molecule has 0 spiro atoms. The molecule has 0 radical (unpaired) electrons. The molecule has 0 aliphatic carbocycles. The van der Waals surface area contributed by atoms with E-state index in [2.05, 4.69) is 41.8 Å². The summed E-state index contributed by atoms with van der Waals surface area (Å²) in [6, 6.07) is 23.1. The summed E-state index contributed by atoms with van der Waals surface area (Å²) in [5, 5.41) is 6.39. The Balaban J connectivity index is 1.48. The maximum Gasteiger partial charge on any atom is 0.255 e. The van der Waals surface area contributed by atoms with Gasteiger partial charge in [0.15, 0.2) is 5.78 Å². The predicted octanol–water partition coefficient (Wildman–Crippen LogP) is 5.16. The average molecular weight is 428 g/mol. The Hall–Kier alpha value is -3.44. The van der Waals surface area contributed by atoms with E-state index in [-0.39, 0.29) is 23.7 Å². The van der Waals surface area contributed by atoms with E-state index in [0.717, 1.165) is 17.7 Å². The molecule has 0 aromatic heterocycles. The molecule has 3 aromatic carbocycles. The van der Waals surface area contributed by atoms with Gasteiger partial charge in [0.05, 0.1) is 0 Å². The fourth-order valence-corrected chi connectivity index (χ4v) is 4.33. The highest BCUT2D eigenvalue weighted by Gasteiger charge is 2.30. The first kappa shape index (κ1) is 21.8. The second-order valence-corrected chi connectivity index (χ2v) is 8.59. The smallest absolute Gasteiger partial charge is 0.255 e. The van der Waals surface area contributed by atoms with Crippen molar-refractivity contribution in [3.63, 3.8) is 0 Å². The monoisotopic (exact) mass is 427 g/mol. The number of Topliss-reactive ketones (excluding diaryl/α,β-unsaturated/α-hetero) is 1. The van der Waals surface area contributed by atoms with Crippen LogP contribution in [0.5, 0.6) is 0 Å². The van der Waals surface area contributed by atoms with Crippen LogP contribution < -0.4 is 10.6 Å². The number of amides is 1. The zero-order chi connectivity index (χ0) is 22.7. The van der Waals surface area contributed by atoms with Crippen LogP contribution in [0.15, 0.2) is 72.8 Å². The number of nitrogens with one attached hydrogen (secondary N) is 2. The van der Waals surface area contributed by atoms with E-state index in [0.29, 0.717) is 23.4 Å². The predicted molar refractivity (Wildman–Crippen MR) is 129 cm³/mol. The number of nitrogens with zero attached hydrogens (tertiary/aromatic N) is 1. The van der Waals surface area contributed by atoms with E-state index < -0.39 is 0 Å². The van der Waals surface area contributed by atoms with Crippen molar-refractivity contribution in [3.8, 4) is 0 Å². The molecule has 2 unspecified atom stereocenters. The van der Waals surface area contributed by atoms with E-state index >= 15 is 0 Å². The fourth-order valence-electron chi connectivity index (χ4n) is 4.33. The Morgan fingerprint density at radius 1 is 0.938 bits per heavy atom. The number of fused-ring (bicyclic) bond motifs is 1. The van der Waals surface area contributed by atoms with Gasteiger partial charge < -0.3 is 15.5 Å². The summed E-state index contributed by atoms with van der Waals surface area (Å²) in [5.41, 5.74) is 5.22. The lowest BCUT2D eigenvalue weighted by Crippen LogP contribution is -2.27. The second-order valence-electron chi connectivity index (χ2n) is 8.59. The quantitative estimate of drug-likeness (QED) is 0.552. The molecule has 164 valence electrons. The highest BCUT2D eigenvalue weighted by atomic mass is 16.1. The first-order valence-corrected chi connectivity index (χ1v) is 10.9. The lowest BCUT2D eigenvalue weighted by atomic mass is 9.89. The average Bonchev–Trinajstić information content (AvgIpc) is 2.99. The lowest BCUT2D eigenvalue weighted by Gasteiger charge is -2.26. The summed E-state index contributed by atoms with van der Waals surface area (Å²) < 4.78 is 0. The molecule has 3 aromatic rings. The molecular weight excluding hydrogens is 398 g/mol. The van der Waals surface area contributed by atoms with Gasteiger partial charge >= 0.3 is 0 Å². The van der Waals surface area contributed by atoms with Crippen LogP contribution in [0.1, 0.15) is 44.3 Å². The molecule has 2 atom stereocenters. The zero-order valence-electron chi connectivity index (χ0n) is 18.8. The van der Waals surface area contributed by atoms with E-state index in [1.54, 1.807) is 30.3 Å². The SMILES string of the molecule is Cc1ccccc1C(=O)Nc1ccc(C(=O)C2CNc3ccccc3C(N(C)C)C2)cc1. The molecule has 1 aliphatic heterocycles. The van der Waals surface area contributed by atoms with Gasteiger partial charge in [-0.05, 0) is 75.0 Å². The van der Waals surface area contributed by atoms with Crippen molar-refractivity contribution in [1.82, 2.24) is 4.90 Å². The van der Waals surface area contributed by atoms with Crippen LogP contribution >= 0.6 is 0 Å². The van der Waals surface area contributed by atoms with Gasteiger partial charge in [-0.25, -0.2) is 0 Å². The van der Waals surface area contributed by atoms with Gasteiger partial charge in [-0.15, -0.1) is 0 Å². The number of benzene rings is 3. The number of hydrogen-bond acceptors (Lipinski definition) is 4. The Kier molecular flexibility index (Phi) is 6.37. The molecule has 0 fully saturated rings. The van der Waals surface area contributed by atoms with Gasteiger partial charge in [0.2, 0.25) is 0 Å². The number of carbonyl (C=O) groups is 2. The van der Waals surface area contributed by atoms with Crippen LogP contribution in [0.3, 0.4) is 0 Å². The highest BCUT2D eigenvalue weighted by Crippen LogP contribution is 2.35. The van der Waals surface area contributed by atoms with E-state index in [9.17, 15) is 9.59 Å². The van der Waals surface area contributed by atoms with Crippen molar-refractivity contribution < 1.29 is 9.59 Å². The van der Waals surface area contributed by atoms with Crippen LogP contribution in [0.4, 0.5) is 11.4 Å². The standard InChI is InChI=1S/C27H29N3O2/c1-18-8-4-5-9-22(18)27(32)29-21-14-12-19(13-15-21)26(31)20-16-25(30(2)3)23-10-6-7-11-24(23)28-17-20/h4-15,20,25,28H,16-17H2,1-3H3,(H,29,32). The van der Waals surface area contributed by atoms with Gasteiger partial charge in [-0.2, -0.15) is 0 Å². The molecule has 0 saturated carbocycles. The summed E-state index contributed by atoms with van der Waals surface area (Å²) in [4.78, 5) is 28.1. The number of para-hydroxylation sites is 1. The molecule has 0 bridgehead atoms. The Bertz CT molecular complexity index is 1120. The van der Waals surface area contributed by atoms with Crippen molar-refractivity contribution in [3.05, 3.63) is 95.1 Å². The number of hydrogen-bond donors (Lipinski definition) is 2. The summed E-state index contributed by atoms with van der Waals surface area (Å²) in [6.45, 7) is 2.52. The third kappa shape index (κ3) is 4.58. The normalized spacial score (nSPS) is 17.8. The molecule has 5 heteroatoms. The zero-order valence-corrected chi connectivity index (χ0v) is 18.8. The number of anilines is 2. The third-order valence-electron chi connectivity index (χ3n) is 6.18. The molecule has 1 aliphatic rings. The second kappa shape index (κ2) is 9.37. The number of ketones is 1. The third-order valence-corrected chi connectivity index (χ3v) is 6.18. The number of rotatable bonds is 5. The van der Waals surface area contributed by atoms with Crippen LogP contribution in [-0.2, 0) is 0 Å². The first-order valence-electron chi connectivity index (χ1n) is 10.9. The minimum atomic E-state index is -0.151. The van der Waals surface area contributed by atoms with Crippen molar-refractivity contribution in [2.45, 2.75) is 19.4 Å². The fraction of sp³-hybridized carbons (Fsp3) is 0.259. The van der Waals surface area contributed by atoms with E-state index in [1.807, 2.05) is 37.3 Å². The van der Waals surface area contributed by atoms with E-state index in [1.165, 1.54) is 5.56 Å². The maximum absolute atomic E-state index is 13.3. The van der Waals surface area contributed by atoms with Crippen molar-refractivity contribution in [2.75, 3.05) is 31.3 Å². The summed E-state index contributed by atoms with van der Waals surface area (Å²) in [5.74, 6) is -0.169. The molecule has 1 heterocycles. The Morgan fingerprint density at radius 3 is 2.34 bits per heavy atom. The Labute approximate surface area is 189 Å². The van der Waals surface area contributed by atoms with Crippen molar-refractivity contribution >= 4 is 23.1 Å². The summed E-state index contributed by atoms with van der Waals surface area (Å²) in [6.07, 6.45) is 0.752. The largest absolute Gasteiger partial charge is 0.384 e. The molecule has 1 amide bonds. The van der Waals surface area contributed by atoms with Crippen LogP contribution in [0, 0.1) is 12.8 Å². The topological polar surface area (TPSA) is 61.4 Å². The van der Waals surface area contributed by atoms with Crippen LogP contribution in [-0.4, -0.2) is 37.2 Å². The number of aryl methyl sites for hydroxylation is 1. The van der Waals surface area contributed by atoms with Gasteiger partial charge in [0.1, 0.15) is 0 Å². The maximum atomic E-state index is 13.3. The molecule has 2 N–H and O–H groups in total. The summed E-state index contributed by atoms with van der Waals surface area (Å²) in [7, 11) is 4.11. The van der Waals surface area contributed by atoms with Crippen LogP contribution in [0.2, 0.25) is 0 Å². The van der Waals surface area contributed by atoms with Gasteiger partial charge in [0, 0.05) is 41.0 Å². The molecule has 5 nitrogen and oxygen atoms in total. The van der Waals surface area contributed by atoms with Gasteiger partial charge in [-0.3, -0.25) is 9.59 Å². The Morgan fingerprint density at radius 2 is 1.62 bits per heavy atom. The van der Waals surface area contributed by atoms with Crippen LogP contribution in [0.25, 0.3) is 0 Å². The van der Waals surface area contributed by atoms with Gasteiger partial charge in [0.25, 0.3) is 5.91 Å². The molecule has 32 heavy (non-hydrogen) atoms. The van der Waals surface area contributed by atoms with E-state index in [4.69, 9.17) is 0 Å². The number of carbonyl (C=O) groups excluding carboxylic acids is 2. The lowest BCUT2D eigenvalue weighted by molar-refractivity contribution is 0.0900. The highest BCUT2D eigenvalue weighted by molar-refractivity contribution is 6.05. The molecular formula is C27H29N3O2. The van der Waals surface area contributed by atoms with Gasteiger partial charge in [-0.1, -0.05) is 36.4 Å². The van der Waals surface area contributed by atoms with Crippen molar-refractivity contribution in [1.29, 1.82) is 0 Å². The first-order chi connectivity index (χ1) is 15.4. The minimum Gasteiger partial charge on any atom is -0.384 e. The van der Waals surface area contributed by atoms with Crippen molar-refractivity contribution in [2.24, 2.45) is 5.92 Å². The molecule has 0 saturated heterocycles. The summed E-state index contributed by atoms with van der Waals surface area (Å²) >= 11 is 0.